The topological polar surface area (TPSA) is 50.8 Å². The lowest BCUT2D eigenvalue weighted by Gasteiger charge is -2.25. The maximum absolute atomic E-state index is 12.4. The first-order valence-electron chi connectivity index (χ1n) is 10.6. The summed E-state index contributed by atoms with van der Waals surface area (Å²) in [4.78, 5) is 14.5. The van der Waals surface area contributed by atoms with E-state index >= 15 is 0 Å². The van der Waals surface area contributed by atoms with E-state index in [4.69, 9.17) is 9.47 Å². The number of rotatable bonds is 10. The van der Waals surface area contributed by atoms with Crippen molar-refractivity contribution >= 4 is 12.0 Å². The van der Waals surface area contributed by atoms with Crippen LogP contribution in [0.4, 0.5) is 0 Å². The van der Waals surface area contributed by atoms with Crippen molar-refractivity contribution in [1.29, 1.82) is 0 Å². The van der Waals surface area contributed by atoms with Crippen LogP contribution >= 0.6 is 0 Å². The Kier molecular flexibility index (Phi) is 8.46. The van der Waals surface area contributed by atoms with E-state index in [0.717, 1.165) is 28.2 Å². The molecule has 3 rings (SSSR count). The maximum Gasteiger partial charge on any atom is 0.244 e. The highest BCUT2D eigenvalue weighted by Gasteiger charge is 2.14. The number of hydrogen-bond acceptors (Lipinski definition) is 4. The van der Waals surface area contributed by atoms with Gasteiger partial charge in [0.25, 0.3) is 0 Å². The van der Waals surface area contributed by atoms with Gasteiger partial charge in [0.05, 0.1) is 13.2 Å². The molecule has 1 atom stereocenters. The number of benzene rings is 3. The number of amides is 1. The van der Waals surface area contributed by atoms with Crippen molar-refractivity contribution < 1.29 is 14.3 Å². The lowest BCUT2D eigenvalue weighted by Crippen LogP contribution is -2.33. The molecule has 0 fully saturated rings. The van der Waals surface area contributed by atoms with E-state index in [0.29, 0.717) is 13.2 Å². The van der Waals surface area contributed by atoms with E-state index in [-0.39, 0.29) is 11.9 Å². The summed E-state index contributed by atoms with van der Waals surface area (Å²) < 4.78 is 11.1. The fourth-order valence-electron chi connectivity index (χ4n) is 3.30. The van der Waals surface area contributed by atoms with Crippen LogP contribution in [0.15, 0.2) is 84.9 Å². The minimum absolute atomic E-state index is 0.0629. The van der Waals surface area contributed by atoms with E-state index in [1.165, 1.54) is 0 Å². The summed E-state index contributed by atoms with van der Waals surface area (Å²) >= 11 is 0. The molecule has 5 heteroatoms. The number of carbonyl (C=O) groups excluding carboxylic acids is 1. The predicted molar refractivity (Wildman–Crippen MR) is 129 cm³/mol. The summed E-state index contributed by atoms with van der Waals surface area (Å²) in [6.45, 7) is 1.01. The van der Waals surface area contributed by atoms with Gasteiger partial charge in [-0.3, -0.25) is 4.79 Å². The number of hydrogen-bond donors (Lipinski definition) is 1. The first kappa shape index (κ1) is 23.1. The fraction of sp³-hybridized carbons (Fsp3) is 0.222. The van der Waals surface area contributed by atoms with Crippen LogP contribution in [0.1, 0.15) is 22.7 Å². The van der Waals surface area contributed by atoms with E-state index in [1.807, 2.05) is 93.0 Å². The third kappa shape index (κ3) is 7.00. The van der Waals surface area contributed by atoms with Crippen molar-refractivity contribution in [2.45, 2.75) is 12.6 Å². The summed E-state index contributed by atoms with van der Waals surface area (Å²) in [6.07, 6.45) is 3.35. The highest BCUT2D eigenvalue weighted by atomic mass is 16.5. The third-order valence-corrected chi connectivity index (χ3v) is 5.13. The van der Waals surface area contributed by atoms with Gasteiger partial charge in [-0.1, -0.05) is 54.6 Å². The lowest BCUT2D eigenvalue weighted by atomic mass is 10.1. The molecule has 0 bridgehead atoms. The molecule has 3 aromatic carbocycles. The van der Waals surface area contributed by atoms with Gasteiger partial charge in [0.2, 0.25) is 5.91 Å². The average molecular weight is 431 g/mol. The first-order chi connectivity index (χ1) is 15.5. The molecule has 166 valence electrons. The van der Waals surface area contributed by atoms with Crippen LogP contribution in [0.5, 0.6) is 11.5 Å². The van der Waals surface area contributed by atoms with Crippen molar-refractivity contribution in [2.75, 3.05) is 27.7 Å². The van der Waals surface area contributed by atoms with Gasteiger partial charge in [0.1, 0.15) is 18.1 Å². The zero-order valence-electron chi connectivity index (χ0n) is 18.8. The Morgan fingerprint density at radius 3 is 2.41 bits per heavy atom. The van der Waals surface area contributed by atoms with Crippen LogP contribution in [0, 0.1) is 0 Å². The lowest BCUT2D eigenvalue weighted by molar-refractivity contribution is -0.116. The minimum Gasteiger partial charge on any atom is -0.497 e. The van der Waals surface area contributed by atoms with Crippen molar-refractivity contribution in [3.8, 4) is 11.5 Å². The zero-order valence-corrected chi connectivity index (χ0v) is 18.8. The summed E-state index contributed by atoms with van der Waals surface area (Å²) in [7, 11) is 5.64. The molecule has 32 heavy (non-hydrogen) atoms. The van der Waals surface area contributed by atoms with Crippen molar-refractivity contribution in [3.63, 3.8) is 0 Å². The monoisotopic (exact) mass is 430 g/mol. The Bertz CT molecular complexity index is 1010. The molecule has 0 saturated carbocycles. The molecule has 0 aliphatic rings. The van der Waals surface area contributed by atoms with E-state index in [2.05, 4.69) is 10.2 Å². The van der Waals surface area contributed by atoms with E-state index in [1.54, 1.807) is 19.3 Å². The van der Waals surface area contributed by atoms with E-state index < -0.39 is 0 Å². The second-order valence-corrected chi connectivity index (χ2v) is 7.68. The highest BCUT2D eigenvalue weighted by Crippen LogP contribution is 2.21. The molecule has 0 saturated heterocycles. The SMILES string of the molecule is COc1ccc(C(CNC(=O)/C=C/c2cccc(OCc3ccccc3)c2)N(C)C)cc1. The second kappa shape index (κ2) is 11.7. The van der Waals surface area contributed by atoms with Gasteiger partial charge in [-0.2, -0.15) is 0 Å². The number of ether oxygens (including phenoxy) is 2. The molecule has 1 unspecified atom stereocenters. The van der Waals surface area contributed by atoms with Gasteiger partial charge in [0.15, 0.2) is 0 Å². The number of nitrogens with zero attached hydrogens (tertiary/aromatic N) is 1. The molecule has 5 nitrogen and oxygen atoms in total. The van der Waals surface area contributed by atoms with Crippen molar-refractivity contribution in [3.05, 3.63) is 102 Å². The van der Waals surface area contributed by atoms with Crippen molar-refractivity contribution in [1.82, 2.24) is 10.2 Å². The molecular formula is C27H30N2O3. The minimum atomic E-state index is -0.138. The molecule has 0 heterocycles. The van der Waals surface area contributed by atoms with Gasteiger partial charge in [0, 0.05) is 12.6 Å². The maximum atomic E-state index is 12.4. The van der Waals surface area contributed by atoms with Gasteiger partial charge in [-0.05, 0) is 61.1 Å². The van der Waals surface area contributed by atoms with Crippen LogP contribution in [0.3, 0.4) is 0 Å². The molecule has 1 amide bonds. The molecule has 0 aliphatic carbocycles. The molecule has 0 aromatic heterocycles. The highest BCUT2D eigenvalue weighted by molar-refractivity contribution is 5.91. The largest absolute Gasteiger partial charge is 0.497 e. The predicted octanol–water partition coefficient (Wildman–Crippen LogP) is 4.71. The first-order valence-corrected chi connectivity index (χ1v) is 10.6. The smallest absolute Gasteiger partial charge is 0.244 e. The Morgan fingerprint density at radius 1 is 0.969 bits per heavy atom. The fourth-order valence-corrected chi connectivity index (χ4v) is 3.30. The number of nitrogens with one attached hydrogen (secondary N) is 1. The number of likely N-dealkylation sites (N-methyl/N-ethyl adjacent to an activating group) is 1. The molecule has 0 radical (unpaired) electrons. The Balaban J connectivity index is 1.54. The zero-order chi connectivity index (χ0) is 22.8. The standard InChI is InChI=1S/C27H30N2O3/c1-29(2)26(23-13-15-24(31-3)16-14-23)19-28-27(30)17-12-21-10-7-11-25(18-21)32-20-22-8-5-4-6-9-22/h4-18,26H,19-20H2,1-3H3,(H,28,30)/b17-12+. The molecule has 3 aromatic rings. The van der Waals surface area contributed by atoms with Crippen LogP contribution in [0.2, 0.25) is 0 Å². The van der Waals surface area contributed by atoms with Crippen LogP contribution < -0.4 is 14.8 Å². The number of carbonyl (C=O) groups is 1. The van der Waals surface area contributed by atoms with Crippen LogP contribution in [-0.4, -0.2) is 38.6 Å². The van der Waals surface area contributed by atoms with Gasteiger partial charge < -0.3 is 19.7 Å². The van der Waals surface area contributed by atoms with Gasteiger partial charge >= 0.3 is 0 Å². The van der Waals surface area contributed by atoms with E-state index in [9.17, 15) is 4.79 Å². The van der Waals surface area contributed by atoms with Crippen molar-refractivity contribution in [2.24, 2.45) is 0 Å². The third-order valence-electron chi connectivity index (χ3n) is 5.13. The Morgan fingerprint density at radius 2 is 1.72 bits per heavy atom. The van der Waals surface area contributed by atoms with Gasteiger partial charge in [-0.25, -0.2) is 0 Å². The molecule has 0 spiro atoms. The number of methoxy groups -OCH3 is 1. The van der Waals surface area contributed by atoms with Crippen LogP contribution in [0.25, 0.3) is 6.08 Å². The van der Waals surface area contributed by atoms with Crippen LogP contribution in [-0.2, 0) is 11.4 Å². The quantitative estimate of drug-likeness (QED) is 0.474. The molecule has 1 N–H and O–H groups in total. The summed E-state index contributed by atoms with van der Waals surface area (Å²) in [6, 6.07) is 25.7. The summed E-state index contributed by atoms with van der Waals surface area (Å²) in [5.74, 6) is 1.44. The average Bonchev–Trinajstić information content (AvgIpc) is 2.82. The Labute approximate surface area is 190 Å². The Hall–Kier alpha value is -3.57. The molecular weight excluding hydrogens is 400 g/mol. The van der Waals surface area contributed by atoms with Gasteiger partial charge in [-0.15, -0.1) is 0 Å². The molecule has 0 aliphatic heterocycles. The summed E-state index contributed by atoms with van der Waals surface area (Å²) in [5.41, 5.74) is 3.13. The second-order valence-electron chi connectivity index (χ2n) is 7.68. The normalized spacial score (nSPS) is 12.0. The summed E-state index contributed by atoms with van der Waals surface area (Å²) in [5, 5.41) is 2.99.